The van der Waals surface area contributed by atoms with Crippen LogP contribution >= 0.6 is 11.6 Å². The molecule has 0 spiro atoms. The largest absolute Gasteiger partial charge is 0.480 e. The number of amides is 1. The third kappa shape index (κ3) is 3.82. The normalized spacial score (nSPS) is 12.3. The van der Waals surface area contributed by atoms with Crippen LogP contribution in [-0.2, 0) is 11.2 Å². The fourth-order valence-electron chi connectivity index (χ4n) is 2.45. The van der Waals surface area contributed by atoms with Crippen molar-refractivity contribution in [3.05, 3.63) is 34.7 Å². The number of carbonyl (C=O) groups is 2. The monoisotopic (exact) mass is 337 g/mol. The summed E-state index contributed by atoms with van der Waals surface area (Å²) in [6, 6.07) is 2.44. The number of nitrogens with one attached hydrogen (secondary N) is 1. The maximum atomic E-state index is 12.6. The molecule has 7 heteroatoms. The smallest absolute Gasteiger partial charge is 0.326 e. The van der Waals surface area contributed by atoms with Crippen LogP contribution < -0.4 is 5.32 Å². The van der Waals surface area contributed by atoms with Crippen molar-refractivity contribution in [3.63, 3.8) is 0 Å². The van der Waals surface area contributed by atoms with Crippen molar-refractivity contribution < 1.29 is 14.7 Å². The second-order valence-corrected chi connectivity index (χ2v) is 5.78. The zero-order chi connectivity index (χ0) is 17.0. The lowest BCUT2D eigenvalue weighted by molar-refractivity contribution is -0.139. The third-order valence-corrected chi connectivity index (χ3v) is 3.90. The Morgan fingerprint density at radius 2 is 2.17 bits per heavy atom. The highest BCUT2D eigenvalue weighted by Crippen LogP contribution is 2.18. The highest BCUT2D eigenvalue weighted by atomic mass is 35.5. The number of hydrogen-bond acceptors (Lipinski definition) is 3. The summed E-state index contributed by atoms with van der Waals surface area (Å²) in [6.45, 7) is 3.87. The van der Waals surface area contributed by atoms with Crippen molar-refractivity contribution >= 4 is 29.1 Å². The van der Waals surface area contributed by atoms with Crippen LogP contribution in [0.1, 0.15) is 49.3 Å². The van der Waals surface area contributed by atoms with E-state index in [2.05, 4.69) is 10.3 Å². The van der Waals surface area contributed by atoms with Gasteiger partial charge in [0.15, 0.2) is 0 Å². The van der Waals surface area contributed by atoms with Gasteiger partial charge in [-0.05, 0) is 18.9 Å². The number of aryl methyl sites for hydroxylation is 1. The number of nitrogens with zero attached hydrogens (tertiary/aromatic N) is 2. The minimum atomic E-state index is -1.03. The highest BCUT2D eigenvalue weighted by Gasteiger charge is 2.24. The summed E-state index contributed by atoms with van der Waals surface area (Å²) in [7, 11) is 0. The lowest BCUT2D eigenvalue weighted by Gasteiger charge is -2.14. The van der Waals surface area contributed by atoms with Gasteiger partial charge in [-0.15, -0.1) is 0 Å². The van der Waals surface area contributed by atoms with Crippen molar-refractivity contribution in [2.45, 2.75) is 45.6 Å². The van der Waals surface area contributed by atoms with E-state index in [1.54, 1.807) is 22.7 Å². The summed E-state index contributed by atoms with van der Waals surface area (Å²) < 4.78 is 1.64. The lowest BCUT2D eigenvalue weighted by Crippen LogP contribution is -2.41. The predicted molar refractivity (Wildman–Crippen MR) is 88.0 cm³/mol. The Labute approximate surface area is 139 Å². The molecule has 1 atom stereocenters. The quantitative estimate of drug-likeness (QED) is 0.813. The molecule has 2 aromatic rings. The Morgan fingerprint density at radius 1 is 1.43 bits per heavy atom. The molecule has 6 nitrogen and oxygen atoms in total. The van der Waals surface area contributed by atoms with E-state index in [9.17, 15) is 14.7 Å². The minimum absolute atomic E-state index is 0.363. The third-order valence-electron chi connectivity index (χ3n) is 3.66. The number of imidazole rings is 1. The van der Waals surface area contributed by atoms with E-state index in [0.29, 0.717) is 34.9 Å². The Hall–Kier alpha value is -2.08. The molecule has 2 aromatic heterocycles. The lowest BCUT2D eigenvalue weighted by atomic mass is 10.1. The van der Waals surface area contributed by atoms with E-state index in [4.69, 9.17) is 11.6 Å². The van der Waals surface area contributed by atoms with Crippen LogP contribution in [0.4, 0.5) is 0 Å². The fraction of sp³-hybridized carbons (Fsp3) is 0.438. The van der Waals surface area contributed by atoms with Gasteiger partial charge in [0.05, 0.1) is 5.69 Å². The van der Waals surface area contributed by atoms with Crippen LogP contribution in [0, 0.1) is 0 Å². The van der Waals surface area contributed by atoms with Gasteiger partial charge in [-0.2, -0.15) is 0 Å². The summed E-state index contributed by atoms with van der Waals surface area (Å²) in [6.07, 6.45) is 4.24. The molecule has 0 aliphatic heterocycles. The van der Waals surface area contributed by atoms with Crippen LogP contribution in [0.2, 0.25) is 5.02 Å². The molecule has 23 heavy (non-hydrogen) atoms. The number of carboxylic acids is 1. The molecule has 0 aliphatic carbocycles. The summed E-state index contributed by atoms with van der Waals surface area (Å²) in [5.41, 5.74) is 1.55. The first kappa shape index (κ1) is 17.3. The molecular weight excluding hydrogens is 318 g/mol. The van der Waals surface area contributed by atoms with E-state index >= 15 is 0 Å². The molecule has 2 heterocycles. The number of pyridine rings is 1. The van der Waals surface area contributed by atoms with Crippen LogP contribution in [0.3, 0.4) is 0 Å². The van der Waals surface area contributed by atoms with Gasteiger partial charge in [0, 0.05) is 17.3 Å². The molecule has 1 unspecified atom stereocenters. The number of fused-ring (bicyclic) bond motifs is 1. The maximum absolute atomic E-state index is 12.6. The molecule has 2 N–H and O–H groups in total. The summed E-state index contributed by atoms with van der Waals surface area (Å²) in [5, 5.41) is 12.4. The van der Waals surface area contributed by atoms with Crippen molar-refractivity contribution in [2.24, 2.45) is 0 Å². The van der Waals surface area contributed by atoms with E-state index in [0.717, 1.165) is 12.8 Å². The van der Waals surface area contributed by atoms with E-state index in [1.165, 1.54) is 0 Å². The molecule has 0 fully saturated rings. The van der Waals surface area contributed by atoms with Crippen LogP contribution in [-0.4, -0.2) is 32.4 Å². The summed E-state index contributed by atoms with van der Waals surface area (Å²) in [5.74, 6) is -1.46. The van der Waals surface area contributed by atoms with Crippen LogP contribution in [0.5, 0.6) is 0 Å². The van der Waals surface area contributed by atoms with Gasteiger partial charge in [-0.3, -0.25) is 9.20 Å². The van der Waals surface area contributed by atoms with Crippen LogP contribution in [0.15, 0.2) is 18.3 Å². The molecule has 124 valence electrons. The molecule has 0 saturated carbocycles. The Balaban J connectivity index is 2.34. The van der Waals surface area contributed by atoms with Crippen molar-refractivity contribution in [1.29, 1.82) is 0 Å². The molecule has 0 saturated heterocycles. The van der Waals surface area contributed by atoms with E-state index in [-0.39, 0.29) is 0 Å². The fourth-order valence-corrected chi connectivity index (χ4v) is 2.60. The van der Waals surface area contributed by atoms with Gasteiger partial charge in [0.1, 0.15) is 17.4 Å². The molecule has 0 aromatic carbocycles. The molecule has 0 aliphatic rings. The first-order chi connectivity index (χ1) is 11.0. The zero-order valence-corrected chi connectivity index (χ0v) is 13.9. The SMILES string of the molecule is CCCCC(NC(=O)c1c(CC)nc2cc(Cl)ccn12)C(=O)O. The van der Waals surface area contributed by atoms with Crippen LogP contribution in [0.25, 0.3) is 5.65 Å². The first-order valence-electron chi connectivity index (χ1n) is 7.68. The molecule has 2 rings (SSSR count). The number of aromatic nitrogens is 2. The second-order valence-electron chi connectivity index (χ2n) is 5.34. The Bertz CT molecular complexity index is 727. The summed E-state index contributed by atoms with van der Waals surface area (Å²) >= 11 is 5.95. The van der Waals surface area contributed by atoms with E-state index < -0.39 is 17.9 Å². The van der Waals surface area contributed by atoms with Gasteiger partial charge < -0.3 is 10.4 Å². The van der Waals surface area contributed by atoms with Gasteiger partial charge in [-0.25, -0.2) is 9.78 Å². The number of halogens is 1. The minimum Gasteiger partial charge on any atom is -0.480 e. The maximum Gasteiger partial charge on any atom is 0.326 e. The number of unbranched alkanes of at least 4 members (excludes halogenated alkanes) is 1. The number of carboxylic acid groups (broad SMARTS) is 1. The van der Waals surface area contributed by atoms with Gasteiger partial charge in [0.2, 0.25) is 0 Å². The predicted octanol–water partition coefficient (Wildman–Crippen LogP) is 2.92. The number of carbonyl (C=O) groups excluding carboxylic acids is 1. The van der Waals surface area contributed by atoms with Crippen molar-refractivity contribution in [2.75, 3.05) is 0 Å². The highest BCUT2D eigenvalue weighted by molar-refractivity contribution is 6.30. The van der Waals surface area contributed by atoms with Crippen molar-refractivity contribution in [1.82, 2.24) is 14.7 Å². The number of aliphatic carboxylic acids is 1. The molecule has 1 amide bonds. The average Bonchev–Trinajstić information content (AvgIpc) is 2.88. The standard InChI is InChI=1S/C16H20ClN3O3/c1-3-5-6-12(16(22)23)19-15(21)14-11(4-2)18-13-9-10(17)7-8-20(13)14/h7-9,12H,3-6H2,1-2H3,(H,19,21)(H,22,23). The van der Waals surface area contributed by atoms with Gasteiger partial charge >= 0.3 is 5.97 Å². The molecule has 0 radical (unpaired) electrons. The Kier molecular flexibility index (Phi) is 5.60. The Morgan fingerprint density at radius 3 is 2.78 bits per heavy atom. The van der Waals surface area contributed by atoms with Gasteiger partial charge in [0.25, 0.3) is 5.91 Å². The molecule has 0 bridgehead atoms. The number of rotatable bonds is 7. The van der Waals surface area contributed by atoms with Crippen molar-refractivity contribution in [3.8, 4) is 0 Å². The van der Waals surface area contributed by atoms with E-state index in [1.807, 2.05) is 13.8 Å². The average molecular weight is 338 g/mol. The topological polar surface area (TPSA) is 83.7 Å². The van der Waals surface area contributed by atoms with Gasteiger partial charge in [-0.1, -0.05) is 38.3 Å². The first-order valence-corrected chi connectivity index (χ1v) is 8.05. The second kappa shape index (κ2) is 7.46. The zero-order valence-electron chi connectivity index (χ0n) is 13.2. The summed E-state index contributed by atoms with van der Waals surface area (Å²) in [4.78, 5) is 28.3. The number of hydrogen-bond donors (Lipinski definition) is 2. The molecular formula is C16H20ClN3O3.